The lowest BCUT2D eigenvalue weighted by molar-refractivity contribution is 0.395. The number of methoxy groups -OCH3 is 2. The maximum Gasteiger partial charge on any atom is 0.225 e. The first-order valence-electron chi connectivity index (χ1n) is 8.77. The van der Waals surface area contributed by atoms with Crippen molar-refractivity contribution in [1.29, 1.82) is 0 Å². The second-order valence-electron chi connectivity index (χ2n) is 6.42. The van der Waals surface area contributed by atoms with Crippen molar-refractivity contribution >= 4 is 17.5 Å². The molecule has 134 valence electrons. The summed E-state index contributed by atoms with van der Waals surface area (Å²) in [5, 5.41) is 6.73. The minimum absolute atomic E-state index is 0.331. The Balaban J connectivity index is 1.88. The highest BCUT2D eigenvalue weighted by molar-refractivity contribution is 5.66. The Bertz CT molecular complexity index is 731. The molecule has 25 heavy (non-hydrogen) atoms. The molecule has 0 aliphatic heterocycles. The van der Waals surface area contributed by atoms with Gasteiger partial charge in [0.05, 0.1) is 25.6 Å². The van der Waals surface area contributed by atoms with Crippen molar-refractivity contribution in [2.24, 2.45) is 0 Å². The van der Waals surface area contributed by atoms with E-state index in [1.54, 1.807) is 14.2 Å². The second-order valence-corrected chi connectivity index (χ2v) is 6.42. The highest BCUT2D eigenvalue weighted by Gasteiger charge is 2.26. The van der Waals surface area contributed by atoms with Gasteiger partial charge in [-0.25, -0.2) is 4.98 Å². The molecule has 0 bridgehead atoms. The summed E-state index contributed by atoms with van der Waals surface area (Å²) in [6, 6.07) is 8.04. The second kappa shape index (κ2) is 7.59. The van der Waals surface area contributed by atoms with Crippen LogP contribution in [0.4, 0.5) is 17.5 Å². The molecule has 2 aromatic rings. The smallest absolute Gasteiger partial charge is 0.225 e. The largest absolute Gasteiger partial charge is 0.497 e. The van der Waals surface area contributed by atoms with Gasteiger partial charge in [0.2, 0.25) is 5.95 Å². The quantitative estimate of drug-likeness (QED) is 0.744. The van der Waals surface area contributed by atoms with Crippen LogP contribution in [0.25, 0.3) is 0 Å². The summed E-state index contributed by atoms with van der Waals surface area (Å²) < 4.78 is 10.7. The lowest BCUT2D eigenvalue weighted by atomic mass is 10.2. The molecule has 0 unspecified atom stereocenters. The third-order valence-corrected chi connectivity index (χ3v) is 4.40. The molecular formula is C19H26N4O2. The van der Waals surface area contributed by atoms with Gasteiger partial charge in [-0.05, 0) is 38.3 Å². The number of benzene rings is 1. The van der Waals surface area contributed by atoms with Crippen molar-refractivity contribution in [3.63, 3.8) is 0 Å². The Hall–Kier alpha value is -2.50. The zero-order valence-corrected chi connectivity index (χ0v) is 15.3. The average Bonchev–Trinajstić information content (AvgIpc) is 3.47. The fraction of sp³-hybridized carbons (Fsp3) is 0.474. The minimum Gasteiger partial charge on any atom is -0.497 e. The van der Waals surface area contributed by atoms with Gasteiger partial charge in [-0.3, -0.25) is 0 Å². The zero-order chi connectivity index (χ0) is 17.8. The number of rotatable bonds is 8. The van der Waals surface area contributed by atoms with Crippen molar-refractivity contribution in [3.05, 3.63) is 30.0 Å². The van der Waals surface area contributed by atoms with Gasteiger partial charge in [0.25, 0.3) is 0 Å². The summed E-state index contributed by atoms with van der Waals surface area (Å²) in [6.45, 7) is 4.27. The maximum atomic E-state index is 5.46. The van der Waals surface area contributed by atoms with Crippen LogP contribution in [-0.2, 0) is 0 Å². The third-order valence-electron chi connectivity index (χ3n) is 4.40. The van der Waals surface area contributed by atoms with Crippen LogP contribution in [0.5, 0.6) is 11.5 Å². The molecule has 1 heterocycles. The Morgan fingerprint density at radius 3 is 2.60 bits per heavy atom. The van der Waals surface area contributed by atoms with E-state index in [2.05, 4.69) is 34.4 Å². The van der Waals surface area contributed by atoms with Crippen molar-refractivity contribution in [2.75, 3.05) is 24.9 Å². The van der Waals surface area contributed by atoms with Gasteiger partial charge in [-0.2, -0.15) is 4.98 Å². The average molecular weight is 342 g/mol. The fourth-order valence-electron chi connectivity index (χ4n) is 2.55. The van der Waals surface area contributed by atoms with E-state index in [-0.39, 0.29) is 0 Å². The predicted molar refractivity (Wildman–Crippen MR) is 100 cm³/mol. The molecule has 0 spiro atoms. The Morgan fingerprint density at radius 2 is 1.96 bits per heavy atom. The summed E-state index contributed by atoms with van der Waals surface area (Å²) in [5.74, 6) is 3.46. The topological polar surface area (TPSA) is 68.3 Å². The molecule has 0 saturated heterocycles. The van der Waals surface area contributed by atoms with Crippen LogP contribution >= 0.6 is 0 Å². The fourth-order valence-corrected chi connectivity index (χ4v) is 2.55. The molecule has 6 heteroatoms. The first kappa shape index (κ1) is 17.3. The van der Waals surface area contributed by atoms with Crippen molar-refractivity contribution < 1.29 is 9.47 Å². The van der Waals surface area contributed by atoms with Gasteiger partial charge in [0, 0.05) is 24.1 Å². The van der Waals surface area contributed by atoms with Gasteiger partial charge >= 0.3 is 0 Å². The van der Waals surface area contributed by atoms with Gasteiger partial charge in [0.1, 0.15) is 17.3 Å². The molecule has 1 aliphatic carbocycles. The number of ether oxygens (including phenoxy) is 2. The van der Waals surface area contributed by atoms with Gasteiger partial charge in [-0.15, -0.1) is 0 Å². The third kappa shape index (κ3) is 4.32. The molecule has 1 saturated carbocycles. The SMILES string of the molecule is CC[C@@H](C)Nc1nc(Nc2ccc(OC)cc2OC)cc(C2CC2)n1. The van der Waals surface area contributed by atoms with E-state index < -0.39 is 0 Å². The molecule has 1 atom stereocenters. The van der Waals surface area contributed by atoms with Gasteiger partial charge in [0.15, 0.2) is 0 Å². The number of nitrogens with zero attached hydrogens (tertiary/aromatic N) is 2. The molecule has 2 N–H and O–H groups in total. The Kier molecular flexibility index (Phi) is 5.26. The van der Waals surface area contributed by atoms with Crippen LogP contribution in [0.3, 0.4) is 0 Å². The normalized spacial score (nSPS) is 14.7. The molecule has 1 aliphatic rings. The van der Waals surface area contributed by atoms with Crippen molar-refractivity contribution in [2.45, 2.75) is 45.1 Å². The van der Waals surface area contributed by atoms with Crippen LogP contribution in [-0.4, -0.2) is 30.2 Å². The molecule has 0 radical (unpaired) electrons. The summed E-state index contributed by atoms with van der Waals surface area (Å²) in [4.78, 5) is 9.31. The number of hydrogen-bond acceptors (Lipinski definition) is 6. The molecule has 6 nitrogen and oxygen atoms in total. The van der Waals surface area contributed by atoms with Crippen LogP contribution in [0.1, 0.15) is 44.7 Å². The lowest BCUT2D eigenvalue weighted by Gasteiger charge is -2.16. The van der Waals surface area contributed by atoms with E-state index in [4.69, 9.17) is 9.47 Å². The van der Waals surface area contributed by atoms with E-state index in [1.165, 1.54) is 12.8 Å². The van der Waals surface area contributed by atoms with E-state index in [9.17, 15) is 0 Å². The summed E-state index contributed by atoms with van der Waals surface area (Å²) >= 11 is 0. The van der Waals surface area contributed by atoms with E-state index >= 15 is 0 Å². The van der Waals surface area contributed by atoms with Crippen LogP contribution < -0.4 is 20.1 Å². The summed E-state index contributed by atoms with van der Waals surface area (Å²) in [6.07, 6.45) is 3.42. The molecule has 3 rings (SSSR count). The summed E-state index contributed by atoms with van der Waals surface area (Å²) in [5.41, 5.74) is 1.94. The monoisotopic (exact) mass is 342 g/mol. The summed E-state index contributed by atoms with van der Waals surface area (Å²) in [7, 11) is 3.28. The molecule has 1 aromatic heterocycles. The maximum absolute atomic E-state index is 5.46. The van der Waals surface area contributed by atoms with Crippen LogP contribution in [0.2, 0.25) is 0 Å². The number of anilines is 3. The standard InChI is InChI=1S/C19H26N4O2/c1-5-12(2)20-19-22-16(13-6-7-13)11-18(23-19)21-15-9-8-14(24-3)10-17(15)25-4/h8-13H,5-7H2,1-4H3,(H2,20,21,22,23)/t12-/m1/s1. The van der Waals surface area contributed by atoms with E-state index in [1.807, 2.05) is 24.3 Å². The van der Waals surface area contributed by atoms with Crippen molar-refractivity contribution in [3.8, 4) is 11.5 Å². The molecule has 1 fully saturated rings. The Labute approximate surface area is 149 Å². The van der Waals surface area contributed by atoms with Gasteiger partial charge in [-0.1, -0.05) is 6.92 Å². The molecule has 1 aromatic carbocycles. The van der Waals surface area contributed by atoms with Gasteiger partial charge < -0.3 is 20.1 Å². The number of hydrogen-bond donors (Lipinski definition) is 2. The highest BCUT2D eigenvalue weighted by atomic mass is 16.5. The van der Waals surface area contributed by atoms with E-state index in [0.29, 0.717) is 23.7 Å². The van der Waals surface area contributed by atoms with Crippen molar-refractivity contribution in [1.82, 2.24) is 9.97 Å². The predicted octanol–water partition coefficient (Wildman–Crippen LogP) is 4.33. The zero-order valence-electron chi connectivity index (χ0n) is 15.3. The number of aromatic nitrogens is 2. The Morgan fingerprint density at radius 1 is 1.16 bits per heavy atom. The first-order valence-corrected chi connectivity index (χ1v) is 8.77. The van der Waals surface area contributed by atoms with E-state index in [0.717, 1.165) is 29.4 Å². The minimum atomic E-state index is 0.331. The van der Waals surface area contributed by atoms with Crippen LogP contribution in [0.15, 0.2) is 24.3 Å². The van der Waals surface area contributed by atoms with Crippen LogP contribution in [0, 0.1) is 0 Å². The lowest BCUT2D eigenvalue weighted by Crippen LogP contribution is -2.16. The molecule has 0 amide bonds. The first-order chi connectivity index (χ1) is 12.1. The number of nitrogens with one attached hydrogen (secondary N) is 2. The molecular weight excluding hydrogens is 316 g/mol. The highest BCUT2D eigenvalue weighted by Crippen LogP contribution is 2.40.